The topological polar surface area (TPSA) is 194 Å². The number of halogens is 1. The van der Waals surface area contributed by atoms with Gasteiger partial charge in [-0.05, 0) is 48.5 Å². The Morgan fingerprint density at radius 3 is 1.91 bits per heavy atom. The normalized spacial score (nSPS) is 14.5. The van der Waals surface area contributed by atoms with E-state index in [9.17, 15) is 29.1 Å². The number of aromatic amines is 2. The van der Waals surface area contributed by atoms with Crippen LogP contribution in [0.4, 0.5) is 5.82 Å². The average Bonchev–Trinajstić information content (AvgIpc) is 3.80. The Bertz CT molecular complexity index is 3030. The summed E-state index contributed by atoms with van der Waals surface area (Å²) in [4.78, 5) is 80.0. The largest absolute Gasteiger partial charge is 0.477 e. The molecule has 0 saturated carbocycles. The second-order valence-corrected chi connectivity index (χ2v) is 14.4. The smallest absolute Gasteiger partial charge is 0.343 e. The fourth-order valence-corrected chi connectivity index (χ4v) is 7.67. The van der Waals surface area contributed by atoms with Crippen LogP contribution in [0.1, 0.15) is 24.2 Å². The van der Waals surface area contributed by atoms with E-state index >= 15 is 0 Å². The number of fused-ring (bicyclic) bond motifs is 10. The molecule has 0 aliphatic carbocycles. The number of carbonyl (C=O) groups is 3. The summed E-state index contributed by atoms with van der Waals surface area (Å²) >= 11 is 5.94. The van der Waals surface area contributed by atoms with Crippen LogP contribution in [0.25, 0.3) is 55.4 Å². The van der Waals surface area contributed by atoms with Crippen molar-refractivity contribution in [2.24, 2.45) is 0 Å². The van der Waals surface area contributed by atoms with Crippen molar-refractivity contribution in [1.82, 2.24) is 43.9 Å². The second kappa shape index (κ2) is 15.6. The Kier molecular flexibility index (Phi) is 10.3. The zero-order valence-electron chi connectivity index (χ0n) is 31.7. The highest BCUT2D eigenvalue weighted by atomic mass is 35.5. The molecule has 2 aliphatic heterocycles. The van der Waals surface area contributed by atoms with E-state index < -0.39 is 11.4 Å². The molecule has 2 aromatic carbocycles. The molecule has 0 bridgehead atoms. The van der Waals surface area contributed by atoms with Gasteiger partial charge in [0.05, 0.1) is 32.8 Å². The Balaban J connectivity index is 0.000000136. The molecule has 8 aromatic rings. The lowest BCUT2D eigenvalue weighted by molar-refractivity contribution is -0.130. The van der Waals surface area contributed by atoms with Crippen LogP contribution < -0.4 is 21.1 Å². The van der Waals surface area contributed by atoms with E-state index in [0.717, 1.165) is 67.3 Å². The lowest BCUT2D eigenvalue weighted by Crippen LogP contribution is -2.48. The average molecular weight is 803 g/mol. The van der Waals surface area contributed by atoms with Gasteiger partial charge in [-0.1, -0.05) is 35.9 Å². The zero-order chi connectivity index (χ0) is 40.7. The summed E-state index contributed by atoms with van der Waals surface area (Å²) in [6.07, 6.45) is 0. The highest BCUT2D eigenvalue weighted by molar-refractivity contribution is 6.29. The van der Waals surface area contributed by atoms with E-state index in [-0.39, 0.29) is 39.0 Å². The van der Waals surface area contributed by atoms with E-state index in [4.69, 9.17) is 16.6 Å². The molecule has 17 heteroatoms. The molecule has 8 heterocycles. The van der Waals surface area contributed by atoms with E-state index in [0.29, 0.717) is 35.3 Å². The van der Waals surface area contributed by atoms with Crippen LogP contribution >= 0.6 is 11.6 Å². The lowest BCUT2D eigenvalue weighted by atomic mass is 10.2. The summed E-state index contributed by atoms with van der Waals surface area (Å²) in [6, 6.07) is 23.5. The van der Waals surface area contributed by atoms with Crippen LogP contribution in [0.3, 0.4) is 0 Å². The molecule has 0 spiro atoms. The minimum Gasteiger partial charge on any atom is -0.477 e. The summed E-state index contributed by atoms with van der Waals surface area (Å²) in [5, 5.41) is 13.6. The minimum absolute atomic E-state index is 0.0444. The van der Waals surface area contributed by atoms with Crippen molar-refractivity contribution < 1.29 is 19.5 Å². The maximum absolute atomic E-state index is 12.5. The minimum atomic E-state index is -1.29. The molecule has 16 nitrogen and oxygen atoms in total. The van der Waals surface area contributed by atoms with Crippen molar-refractivity contribution in [3.63, 3.8) is 0 Å². The van der Waals surface area contributed by atoms with E-state index in [1.165, 1.54) is 12.1 Å². The number of piperazine rings is 2. The maximum atomic E-state index is 12.5. The van der Waals surface area contributed by atoms with Crippen molar-refractivity contribution in [3.05, 3.63) is 110 Å². The quantitative estimate of drug-likeness (QED) is 0.185. The molecule has 2 aliphatic rings. The summed E-state index contributed by atoms with van der Waals surface area (Å²) in [7, 11) is 0. The Hall–Kier alpha value is -6.78. The molecule has 0 atom stereocenters. The number of amides is 2. The number of H-pyrrole nitrogens is 2. The molecule has 4 N–H and O–H groups in total. The monoisotopic (exact) mass is 802 g/mol. The third kappa shape index (κ3) is 7.07. The van der Waals surface area contributed by atoms with Gasteiger partial charge in [-0.2, -0.15) is 0 Å². The first-order valence-electron chi connectivity index (χ1n) is 18.7. The fraction of sp³-hybridized carbons (Fsp3) is 0.244. The van der Waals surface area contributed by atoms with Crippen molar-refractivity contribution in [2.75, 3.05) is 57.3 Å². The molecule has 6 aromatic heterocycles. The first kappa shape index (κ1) is 38.1. The van der Waals surface area contributed by atoms with Gasteiger partial charge >= 0.3 is 5.97 Å². The standard InChI is InChI=1S/C20H19N5O2.C15H8ClN3O3.C6H12N2O/c1-13(26)23-8-10-24(11-9-23)18-7-6-14-17(27)12-19-21-15-4-2-3-5-16(15)25(19)20(14)22-18;16-10-6-5-7-12(20)11(15(21)22)14-17-8-3-1-2-4-9(8)19(14)13(7)18-10;1-6(9)8-4-2-7-3-5-8/h2-7,12,21H,8-11H2,1H3;1-6,17H,(H,21,22);7H,2-5H2,1H3. The van der Waals surface area contributed by atoms with Gasteiger partial charge in [0.1, 0.15) is 27.8 Å². The first-order valence-corrected chi connectivity index (χ1v) is 19.1. The number of nitrogens with zero attached hydrogens (tertiary/aromatic N) is 7. The number of hydrogen-bond donors (Lipinski definition) is 4. The first-order chi connectivity index (χ1) is 28.0. The van der Waals surface area contributed by atoms with Crippen LogP contribution in [-0.4, -0.2) is 114 Å². The Morgan fingerprint density at radius 2 is 1.28 bits per heavy atom. The van der Waals surface area contributed by atoms with Gasteiger partial charge < -0.3 is 35.1 Å². The lowest BCUT2D eigenvalue weighted by Gasteiger charge is -2.34. The number of aromatic nitrogens is 6. The van der Waals surface area contributed by atoms with Crippen LogP contribution in [0, 0.1) is 0 Å². The molecule has 2 fully saturated rings. The molecule has 2 saturated heterocycles. The van der Waals surface area contributed by atoms with Gasteiger partial charge in [0.25, 0.3) is 0 Å². The summed E-state index contributed by atoms with van der Waals surface area (Å²) < 4.78 is 3.61. The molecular formula is C41H39ClN10O6. The van der Waals surface area contributed by atoms with Crippen molar-refractivity contribution in [3.8, 4) is 0 Å². The van der Waals surface area contributed by atoms with Gasteiger partial charge in [0.2, 0.25) is 17.2 Å². The number of aromatic carboxylic acids is 1. The Morgan fingerprint density at radius 1 is 0.690 bits per heavy atom. The van der Waals surface area contributed by atoms with Crippen molar-refractivity contribution >= 4 is 90.6 Å². The number of pyridine rings is 4. The van der Waals surface area contributed by atoms with Gasteiger partial charge in [-0.3, -0.25) is 28.0 Å². The predicted molar refractivity (Wildman–Crippen MR) is 223 cm³/mol. The number of carboxylic acid groups (broad SMARTS) is 1. The zero-order valence-corrected chi connectivity index (χ0v) is 32.4. The second-order valence-electron chi connectivity index (χ2n) is 14.0. The van der Waals surface area contributed by atoms with Crippen molar-refractivity contribution in [1.29, 1.82) is 0 Å². The number of hydrogen-bond acceptors (Lipinski definition) is 9. The molecule has 2 amide bonds. The molecular weight excluding hydrogens is 764 g/mol. The number of benzene rings is 2. The fourth-order valence-electron chi connectivity index (χ4n) is 7.52. The Labute approximate surface area is 334 Å². The van der Waals surface area contributed by atoms with E-state index in [1.807, 2.05) is 68.8 Å². The third-order valence-electron chi connectivity index (χ3n) is 10.5. The molecule has 58 heavy (non-hydrogen) atoms. The van der Waals surface area contributed by atoms with Gasteiger partial charge in [-0.25, -0.2) is 14.8 Å². The number of imidazole rings is 2. The summed E-state index contributed by atoms with van der Waals surface area (Å²) in [5.74, 6) is -0.161. The van der Waals surface area contributed by atoms with Crippen molar-refractivity contribution in [2.45, 2.75) is 13.8 Å². The SMILES string of the molecule is CC(=O)N1CCN(c2ccc3c(=O)cc4[nH]c5ccccc5n4c3n2)CC1.CC(=O)N1CCNCC1.O=C(O)c1c(=O)c2ccc(Cl)nc2n2c1[nH]c1ccccc12. The molecule has 0 radical (unpaired) electrons. The maximum Gasteiger partial charge on any atom is 0.343 e. The van der Waals surface area contributed by atoms with Gasteiger partial charge in [-0.15, -0.1) is 0 Å². The summed E-state index contributed by atoms with van der Waals surface area (Å²) in [5.41, 5.74) is 4.36. The number of carbonyl (C=O) groups excluding carboxylic acids is 2. The highest BCUT2D eigenvalue weighted by Crippen LogP contribution is 2.25. The number of anilines is 1. The van der Waals surface area contributed by atoms with Gasteiger partial charge in [0.15, 0.2) is 16.7 Å². The van der Waals surface area contributed by atoms with Crippen LogP contribution in [0.5, 0.6) is 0 Å². The van der Waals surface area contributed by atoms with Crippen LogP contribution in [0.2, 0.25) is 5.15 Å². The number of rotatable bonds is 2. The van der Waals surface area contributed by atoms with E-state index in [2.05, 4.69) is 25.2 Å². The molecule has 0 unspecified atom stereocenters. The molecule has 296 valence electrons. The number of carboxylic acids is 1. The predicted octanol–water partition coefficient (Wildman–Crippen LogP) is 4.12. The van der Waals surface area contributed by atoms with E-state index in [1.54, 1.807) is 30.4 Å². The number of nitrogens with one attached hydrogen (secondary N) is 3. The van der Waals surface area contributed by atoms with Crippen LogP contribution in [0.15, 0.2) is 88.5 Å². The van der Waals surface area contributed by atoms with Crippen LogP contribution in [-0.2, 0) is 9.59 Å². The highest BCUT2D eigenvalue weighted by Gasteiger charge is 2.23. The molecule has 10 rings (SSSR count). The van der Waals surface area contributed by atoms with Gasteiger partial charge in [0, 0.05) is 72.3 Å². The third-order valence-corrected chi connectivity index (χ3v) is 10.7. The summed E-state index contributed by atoms with van der Waals surface area (Å²) in [6.45, 7) is 9.69. The number of para-hydroxylation sites is 4.